The van der Waals surface area contributed by atoms with Crippen LogP contribution in [0, 0.1) is 0 Å². The van der Waals surface area contributed by atoms with Gasteiger partial charge in [-0.3, -0.25) is 4.79 Å². The van der Waals surface area contributed by atoms with Gasteiger partial charge in [0.25, 0.3) is 0 Å². The molecule has 7 heteroatoms. The topological polar surface area (TPSA) is 66.9 Å². The van der Waals surface area contributed by atoms with Crippen molar-refractivity contribution >= 4 is 34.1 Å². The minimum absolute atomic E-state index is 0.0363. The average Bonchev–Trinajstić information content (AvgIpc) is 3.30. The molecule has 24 heavy (non-hydrogen) atoms. The van der Waals surface area contributed by atoms with Gasteiger partial charge in [-0.05, 0) is 24.8 Å². The van der Waals surface area contributed by atoms with Crippen molar-refractivity contribution in [2.45, 2.75) is 49.0 Å². The number of anilines is 1. The van der Waals surface area contributed by atoms with Gasteiger partial charge >= 0.3 is 0 Å². The number of amides is 1. The predicted molar refractivity (Wildman–Crippen MR) is 99.5 cm³/mol. The Morgan fingerprint density at radius 1 is 1.33 bits per heavy atom. The second-order valence-corrected chi connectivity index (χ2v) is 8.10. The number of nitrogens with one attached hydrogen (secondary N) is 2. The molecule has 1 aromatic heterocycles. The van der Waals surface area contributed by atoms with Crippen molar-refractivity contribution in [1.82, 2.24) is 15.5 Å². The van der Waals surface area contributed by atoms with Gasteiger partial charge in [-0.1, -0.05) is 66.8 Å². The summed E-state index contributed by atoms with van der Waals surface area (Å²) in [6, 6.07) is 10.8. The first-order chi connectivity index (χ1) is 11.7. The largest absolute Gasteiger partial charge is 0.357 e. The molecule has 0 bridgehead atoms. The van der Waals surface area contributed by atoms with Crippen LogP contribution in [0.5, 0.6) is 0 Å². The van der Waals surface area contributed by atoms with E-state index >= 15 is 0 Å². The highest BCUT2D eigenvalue weighted by atomic mass is 32.2. The minimum Gasteiger partial charge on any atom is -0.357 e. The van der Waals surface area contributed by atoms with Gasteiger partial charge in [0.05, 0.1) is 11.8 Å². The number of benzene rings is 1. The first kappa shape index (κ1) is 17.2. The highest BCUT2D eigenvalue weighted by Crippen LogP contribution is 2.30. The lowest BCUT2D eigenvalue weighted by Gasteiger charge is -2.18. The summed E-state index contributed by atoms with van der Waals surface area (Å²) in [7, 11) is 0. The van der Waals surface area contributed by atoms with Gasteiger partial charge in [-0.15, -0.1) is 10.2 Å². The maximum atomic E-state index is 12.3. The lowest BCUT2D eigenvalue weighted by molar-refractivity contribution is -0.119. The summed E-state index contributed by atoms with van der Waals surface area (Å²) in [5, 5.41) is 15.6. The zero-order chi connectivity index (χ0) is 16.8. The standard InChI is InChI=1S/C17H22N4OS2/c1-2-6-14(12-7-4-3-5-8-12)19-15(22)11-23-17-21-20-16(24-17)18-13-9-10-13/h3-5,7-8,13-14H,2,6,9-11H2,1H3,(H,18,20)(H,19,22). The molecule has 1 fully saturated rings. The first-order valence-electron chi connectivity index (χ1n) is 8.31. The maximum absolute atomic E-state index is 12.3. The third-order valence-corrected chi connectivity index (χ3v) is 5.74. The average molecular weight is 363 g/mol. The highest BCUT2D eigenvalue weighted by molar-refractivity contribution is 8.01. The zero-order valence-electron chi connectivity index (χ0n) is 13.7. The van der Waals surface area contributed by atoms with Crippen molar-refractivity contribution in [1.29, 1.82) is 0 Å². The van der Waals surface area contributed by atoms with Crippen molar-refractivity contribution in [2.75, 3.05) is 11.1 Å². The lowest BCUT2D eigenvalue weighted by Crippen LogP contribution is -2.29. The molecule has 1 amide bonds. The molecule has 0 aliphatic heterocycles. The predicted octanol–water partition coefficient (Wildman–Crippen LogP) is 3.86. The molecule has 1 aromatic carbocycles. The van der Waals surface area contributed by atoms with E-state index in [1.165, 1.54) is 35.9 Å². The molecule has 0 spiro atoms. The number of carbonyl (C=O) groups is 1. The van der Waals surface area contributed by atoms with Crippen molar-refractivity contribution < 1.29 is 4.79 Å². The van der Waals surface area contributed by atoms with Crippen LogP contribution in [0.4, 0.5) is 5.13 Å². The number of thioether (sulfide) groups is 1. The summed E-state index contributed by atoms with van der Waals surface area (Å²) in [6.45, 7) is 2.13. The molecule has 0 saturated heterocycles. The van der Waals surface area contributed by atoms with E-state index in [0.717, 1.165) is 27.9 Å². The smallest absolute Gasteiger partial charge is 0.230 e. The van der Waals surface area contributed by atoms with E-state index in [2.05, 4.69) is 39.9 Å². The fourth-order valence-corrected chi connectivity index (χ4v) is 4.03. The molecular formula is C17H22N4OS2. The summed E-state index contributed by atoms with van der Waals surface area (Å²) < 4.78 is 0.833. The van der Waals surface area contributed by atoms with E-state index in [9.17, 15) is 4.79 Å². The van der Waals surface area contributed by atoms with Gasteiger partial charge in [-0.2, -0.15) is 0 Å². The van der Waals surface area contributed by atoms with Crippen LogP contribution in [0.25, 0.3) is 0 Å². The Hall–Kier alpha value is -1.60. The molecule has 1 atom stereocenters. The Kier molecular flexibility index (Phi) is 6.09. The van der Waals surface area contributed by atoms with Crippen molar-refractivity contribution in [3.05, 3.63) is 35.9 Å². The normalized spacial score (nSPS) is 15.0. The minimum atomic E-state index is 0.0363. The summed E-state index contributed by atoms with van der Waals surface area (Å²) in [5.41, 5.74) is 1.16. The van der Waals surface area contributed by atoms with Gasteiger partial charge in [-0.25, -0.2) is 0 Å². The van der Waals surface area contributed by atoms with E-state index in [-0.39, 0.29) is 11.9 Å². The molecule has 1 unspecified atom stereocenters. The second-order valence-electron chi connectivity index (χ2n) is 5.90. The molecule has 1 aliphatic carbocycles. The number of carbonyl (C=O) groups excluding carboxylic acids is 1. The third kappa shape index (κ3) is 5.21. The molecule has 0 radical (unpaired) electrons. The van der Waals surface area contributed by atoms with Gasteiger partial charge in [0.2, 0.25) is 11.0 Å². The highest BCUT2D eigenvalue weighted by Gasteiger charge is 2.22. The van der Waals surface area contributed by atoms with Crippen LogP contribution >= 0.6 is 23.1 Å². The van der Waals surface area contributed by atoms with Crippen molar-refractivity contribution in [2.24, 2.45) is 0 Å². The van der Waals surface area contributed by atoms with Crippen molar-refractivity contribution in [3.63, 3.8) is 0 Å². The molecular weight excluding hydrogens is 340 g/mol. The Labute approximate surface area is 150 Å². The van der Waals surface area contributed by atoms with Gasteiger partial charge < -0.3 is 10.6 Å². The number of hydrogen-bond acceptors (Lipinski definition) is 6. The number of rotatable bonds is 9. The van der Waals surface area contributed by atoms with E-state index < -0.39 is 0 Å². The van der Waals surface area contributed by atoms with Crippen LogP contribution in [-0.2, 0) is 4.79 Å². The number of hydrogen-bond donors (Lipinski definition) is 2. The number of aromatic nitrogens is 2. The van der Waals surface area contributed by atoms with E-state index in [1.54, 1.807) is 0 Å². The zero-order valence-corrected chi connectivity index (χ0v) is 15.3. The number of nitrogens with zero attached hydrogens (tertiary/aromatic N) is 2. The molecule has 2 aromatic rings. The summed E-state index contributed by atoms with van der Waals surface area (Å²) in [6.07, 6.45) is 4.39. The van der Waals surface area contributed by atoms with E-state index in [1.807, 2.05) is 18.2 Å². The molecule has 5 nitrogen and oxygen atoms in total. The van der Waals surface area contributed by atoms with Crippen LogP contribution in [-0.4, -0.2) is 27.9 Å². The second kappa shape index (κ2) is 8.48. The van der Waals surface area contributed by atoms with E-state index in [4.69, 9.17) is 0 Å². The quantitative estimate of drug-likeness (QED) is 0.663. The Balaban J connectivity index is 1.49. The molecule has 3 rings (SSSR count). The molecule has 1 aliphatic rings. The molecule has 1 saturated carbocycles. The van der Waals surface area contributed by atoms with Crippen LogP contribution < -0.4 is 10.6 Å². The SMILES string of the molecule is CCCC(NC(=O)CSc1nnc(NC2CC2)s1)c1ccccc1. The third-order valence-electron chi connectivity index (χ3n) is 3.75. The molecule has 2 N–H and O–H groups in total. The fraction of sp³-hybridized carbons (Fsp3) is 0.471. The van der Waals surface area contributed by atoms with Crippen molar-refractivity contribution in [3.8, 4) is 0 Å². The van der Waals surface area contributed by atoms with Gasteiger partial charge in [0, 0.05) is 6.04 Å². The first-order valence-corrected chi connectivity index (χ1v) is 10.1. The Morgan fingerprint density at radius 3 is 2.83 bits per heavy atom. The van der Waals surface area contributed by atoms with E-state index in [0.29, 0.717) is 11.8 Å². The van der Waals surface area contributed by atoms with Crippen LogP contribution in [0.2, 0.25) is 0 Å². The summed E-state index contributed by atoms with van der Waals surface area (Å²) >= 11 is 2.96. The summed E-state index contributed by atoms with van der Waals surface area (Å²) in [4.78, 5) is 12.3. The summed E-state index contributed by atoms with van der Waals surface area (Å²) in [5.74, 6) is 0.402. The van der Waals surface area contributed by atoms with Gasteiger partial charge in [0.15, 0.2) is 4.34 Å². The fourth-order valence-electron chi connectivity index (χ4n) is 2.39. The van der Waals surface area contributed by atoms with Crippen LogP contribution in [0.1, 0.15) is 44.2 Å². The van der Waals surface area contributed by atoms with Crippen LogP contribution in [0.3, 0.4) is 0 Å². The molecule has 1 heterocycles. The lowest BCUT2D eigenvalue weighted by atomic mass is 10.0. The van der Waals surface area contributed by atoms with Crippen LogP contribution in [0.15, 0.2) is 34.7 Å². The van der Waals surface area contributed by atoms with Gasteiger partial charge in [0.1, 0.15) is 0 Å². The molecule has 128 valence electrons. The Bertz CT molecular complexity index is 658. The maximum Gasteiger partial charge on any atom is 0.230 e. The monoisotopic (exact) mass is 362 g/mol. The Morgan fingerprint density at radius 2 is 2.12 bits per heavy atom.